The summed E-state index contributed by atoms with van der Waals surface area (Å²) in [5.74, 6) is 0.0572. The highest BCUT2D eigenvalue weighted by atomic mass is 35.5. The van der Waals surface area contributed by atoms with Crippen molar-refractivity contribution < 1.29 is 13.5 Å². The quantitative estimate of drug-likeness (QED) is 0.764. The topological polar surface area (TPSA) is 66.4 Å². The van der Waals surface area contributed by atoms with Crippen LogP contribution in [0.5, 0.6) is 0 Å². The minimum Gasteiger partial charge on any atom is -0.391 e. The molecule has 1 aromatic heterocycles. The zero-order valence-corrected chi connectivity index (χ0v) is 14.4. The van der Waals surface area contributed by atoms with Gasteiger partial charge >= 0.3 is 0 Å². The minimum absolute atomic E-state index is 0.0572. The Kier molecular flexibility index (Phi) is 6.94. The maximum atomic E-state index is 12.3. The second-order valence-electron chi connectivity index (χ2n) is 4.95. The van der Waals surface area contributed by atoms with Crippen molar-refractivity contribution >= 4 is 33.0 Å². The third-order valence-corrected chi connectivity index (χ3v) is 6.54. The highest BCUT2D eigenvalue weighted by Crippen LogP contribution is 2.26. The molecule has 20 heavy (non-hydrogen) atoms. The summed E-state index contributed by atoms with van der Waals surface area (Å²) in [6.07, 6.45) is 1.49. The second kappa shape index (κ2) is 7.75. The molecule has 0 unspecified atom stereocenters. The summed E-state index contributed by atoms with van der Waals surface area (Å²) in [6.45, 7) is 5.88. The van der Waals surface area contributed by atoms with Gasteiger partial charge in [-0.25, -0.2) is 13.1 Å². The van der Waals surface area contributed by atoms with Crippen LogP contribution in [0.25, 0.3) is 0 Å². The van der Waals surface area contributed by atoms with Gasteiger partial charge in [0, 0.05) is 0 Å². The molecule has 0 aromatic carbocycles. The molecular weight excluding hydrogens is 318 g/mol. The maximum absolute atomic E-state index is 12.3. The average molecular weight is 340 g/mol. The van der Waals surface area contributed by atoms with Crippen LogP contribution in [0, 0.1) is 5.92 Å². The highest BCUT2D eigenvalue weighted by Gasteiger charge is 2.29. The van der Waals surface area contributed by atoms with Crippen LogP contribution < -0.4 is 4.72 Å². The zero-order valence-electron chi connectivity index (χ0n) is 12.0. The fraction of sp³-hybridized carbons (Fsp3) is 0.692. The highest BCUT2D eigenvalue weighted by molar-refractivity contribution is 7.91. The van der Waals surface area contributed by atoms with Crippen LogP contribution in [-0.4, -0.2) is 25.7 Å². The lowest BCUT2D eigenvalue weighted by molar-refractivity contribution is 0.102. The van der Waals surface area contributed by atoms with E-state index in [-0.39, 0.29) is 10.1 Å². The zero-order chi connectivity index (χ0) is 15.3. The van der Waals surface area contributed by atoms with Crippen molar-refractivity contribution in [3.63, 3.8) is 0 Å². The first-order valence-corrected chi connectivity index (χ1v) is 9.45. The molecule has 0 radical (unpaired) electrons. The van der Waals surface area contributed by atoms with Gasteiger partial charge in [-0.1, -0.05) is 45.2 Å². The van der Waals surface area contributed by atoms with Gasteiger partial charge < -0.3 is 5.11 Å². The van der Waals surface area contributed by atoms with Gasteiger partial charge in [-0.05, 0) is 24.5 Å². The third-order valence-electron chi connectivity index (χ3n) is 3.36. The van der Waals surface area contributed by atoms with E-state index in [0.717, 1.165) is 24.2 Å². The fourth-order valence-electron chi connectivity index (χ4n) is 1.98. The van der Waals surface area contributed by atoms with E-state index < -0.39 is 22.2 Å². The van der Waals surface area contributed by atoms with Crippen molar-refractivity contribution in [3.05, 3.63) is 16.5 Å². The normalized spacial score (nSPS) is 16.9. The molecule has 116 valence electrons. The summed E-state index contributed by atoms with van der Waals surface area (Å²) < 4.78 is 27.9. The standard InChI is InChI=1S/C13H22ClNO3S2/c1-4-6-10(16)13(9(3)5-2)15-20(17,18)12-8-7-11(14)19-12/h7-10,13,15-16H,4-6H2,1-3H3/t9-,10-,13-/m0/s1. The Hall–Kier alpha value is -0.140. The summed E-state index contributed by atoms with van der Waals surface area (Å²) in [6, 6.07) is 2.56. The van der Waals surface area contributed by atoms with Crippen molar-refractivity contribution in [2.45, 2.75) is 56.4 Å². The number of sulfonamides is 1. The van der Waals surface area contributed by atoms with E-state index in [1.54, 1.807) is 6.07 Å². The van der Waals surface area contributed by atoms with Crippen LogP contribution in [0.15, 0.2) is 16.3 Å². The van der Waals surface area contributed by atoms with Gasteiger partial charge in [0.15, 0.2) is 0 Å². The number of hydrogen-bond donors (Lipinski definition) is 2. The molecule has 0 saturated heterocycles. The van der Waals surface area contributed by atoms with Crippen LogP contribution in [0.3, 0.4) is 0 Å². The molecule has 3 atom stereocenters. The number of hydrogen-bond acceptors (Lipinski definition) is 4. The lowest BCUT2D eigenvalue weighted by Crippen LogP contribution is -2.47. The Balaban J connectivity index is 2.94. The molecule has 4 nitrogen and oxygen atoms in total. The Labute approximate surface area is 130 Å². The SMILES string of the molecule is CCC[C@H](O)[C@@H](NS(=O)(=O)c1ccc(Cl)s1)[C@@H](C)CC. The molecule has 0 aliphatic rings. The van der Waals surface area contributed by atoms with Crippen molar-refractivity contribution in [1.29, 1.82) is 0 Å². The number of nitrogens with one attached hydrogen (secondary N) is 1. The van der Waals surface area contributed by atoms with Gasteiger partial charge in [-0.15, -0.1) is 11.3 Å². The lowest BCUT2D eigenvalue weighted by atomic mass is 9.93. The Morgan fingerprint density at radius 1 is 1.40 bits per heavy atom. The van der Waals surface area contributed by atoms with Crippen LogP contribution in [0.4, 0.5) is 0 Å². The third kappa shape index (κ3) is 4.70. The molecule has 0 aliphatic carbocycles. The Morgan fingerprint density at radius 2 is 2.05 bits per heavy atom. The van der Waals surface area contributed by atoms with E-state index in [1.807, 2.05) is 20.8 Å². The number of aliphatic hydroxyl groups is 1. The number of rotatable bonds is 8. The van der Waals surface area contributed by atoms with Crippen molar-refractivity contribution in [2.24, 2.45) is 5.92 Å². The molecule has 1 heterocycles. The van der Waals surface area contributed by atoms with Crippen molar-refractivity contribution in [1.82, 2.24) is 4.72 Å². The van der Waals surface area contributed by atoms with Gasteiger partial charge in [-0.2, -0.15) is 0 Å². The second-order valence-corrected chi connectivity index (χ2v) is 8.60. The molecule has 2 N–H and O–H groups in total. The van der Waals surface area contributed by atoms with Crippen LogP contribution in [0.1, 0.15) is 40.0 Å². The van der Waals surface area contributed by atoms with E-state index in [0.29, 0.717) is 10.8 Å². The summed E-state index contributed by atoms with van der Waals surface area (Å²) >= 11 is 6.80. The van der Waals surface area contributed by atoms with Crippen LogP contribution in [0.2, 0.25) is 4.34 Å². The molecule has 0 spiro atoms. The fourth-order valence-corrected chi connectivity index (χ4v) is 4.86. The van der Waals surface area contributed by atoms with Gasteiger partial charge in [0.1, 0.15) is 4.21 Å². The summed E-state index contributed by atoms with van der Waals surface area (Å²) in [7, 11) is -3.63. The molecule has 7 heteroatoms. The molecule has 1 aromatic rings. The smallest absolute Gasteiger partial charge is 0.250 e. The summed E-state index contributed by atoms with van der Waals surface area (Å²) in [5.41, 5.74) is 0. The van der Waals surface area contributed by atoms with Crippen LogP contribution in [-0.2, 0) is 10.0 Å². The summed E-state index contributed by atoms with van der Waals surface area (Å²) in [5, 5.41) is 10.2. The maximum Gasteiger partial charge on any atom is 0.250 e. The first-order chi connectivity index (χ1) is 9.31. The number of halogens is 1. The van der Waals surface area contributed by atoms with E-state index in [9.17, 15) is 13.5 Å². The molecule has 0 saturated carbocycles. The molecule has 0 amide bonds. The molecule has 0 fully saturated rings. The predicted molar refractivity (Wildman–Crippen MR) is 83.8 cm³/mol. The largest absolute Gasteiger partial charge is 0.391 e. The van der Waals surface area contributed by atoms with E-state index in [2.05, 4.69) is 4.72 Å². The van der Waals surface area contributed by atoms with Gasteiger partial charge in [0.2, 0.25) is 10.0 Å². The van der Waals surface area contributed by atoms with E-state index in [4.69, 9.17) is 11.6 Å². The van der Waals surface area contributed by atoms with Crippen LogP contribution >= 0.6 is 22.9 Å². The molecule has 1 rings (SSSR count). The first kappa shape index (κ1) is 17.9. The molecular formula is C13H22ClNO3S2. The Bertz CT molecular complexity index is 515. The molecule has 0 aliphatic heterocycles. The summed E-state index contributed by atoms with van der Waals surface area (Å²) in [4.78, 5) is 0. The van der Waals surface area contributed by atoms with E-state index >= 15 is 0 Å². The first-order valence-electron chi connectivity index (χ1n) is 6.77. The Morgan fingerprint density at radius 3 is 2.50 bits per heavy atom. The minimum atomic E-state index is -3.63. The predicted octanol–water partition coefficient (Wildman–Crippen LogP) is 3.26. The lowest BCUT2D eigenvalue weighted by Gasteiger charge is -2.28. The number of thiophene rings is 1. The average Bonchev–Trinajstić information content (AvgIpc) is 2.83. The molecule has 0 bridgehead atoms. The van der Waals surface area contributed by atoms with Crippen molar-refractivity contribution in [3.8, 4) is 0 Å². The van der Waals surface area contributed by atoms with Crippen molar-refractivity contribution in [2.75, 3.05) is 0 Å². The number of aliphatic hydroxyl groups excluding tert-OH is 1. The van der Waals surface area contributed by atoms with E-state index in [1.165, 1.54) is 6.07 Å². The van der Waals surface area contributed by atoms with Gasteiger partial charge in [0.25, 0.3) is 0 Å². The monoisotopic (exact) mass is 339 g/mol. The van der Waals surface area contributed by atoms with Gasteiger partial charge in [-0.3, -0.25) is 0 Å². The van der Waals surface area contributed by atoms with Gasteiger partial charge in [0.05, 0.1) is 16.5 Å².